The molecule has 1 aliphatic heterocycles. The number of benzene rings is 2. The van der Waals surface area contributed by atoms with Gasteiger partial charge >= 0.3 is 6.03 Å². The smallest absolute Gasteiger partial charge is 0.323 e. The number of anilines is 2. The molecule has 0 spiro atoms. The number of carbonyl (C=O) groups is 2. The van der Waals surface area contributed by atoms with Crippen LogP contribution >= 0.6 is 0 Å². The maximum absolute atomic E-state index is 12.2. The summed E-state index contributed by atoms with van der Waals surface area (Å²) in [6.45, 7) is 0.657. The van der Waals surface area contributed by atoms with Crippen LogP contribution in [0.3, 0.4) is 0 Å². The van der Waals surface area contributed by atoms with Crippen molar-refractivity contribution in [1.29, 1.82) is 0 Å². The van der Waals surface area contributed by atoms with E-state index in [2.05, 4.69) is 20.8 Å². The van der Waals surface area contributed by atoms with Gasteiger partial charge in [0, 0.05) is 35.9 Å². The molecule has 1 aromatic heterocycles. The van der Waals surface area contributed by atoms with Crippen LogP contribution in [0.1, 0.15) is 31.1 Å². The third kappa shape index (κ3) is 3.89. The normalized spacial score (nSPS) is 18.5. The number of aromatic nitrogens is 2. The summed E-state index contributed by atoms with van der Waals surface area (Å²) in [6.07, 6.45) is 2.62. The van der Waals surface area contributed by atoms with E-state index < -0.39 is 0 Å². The highest BCUT2D eigenvalue weighted by Crippen LogP contribution is 2.36. The summed E-state index contributed by atoms with van der Waals surface area (Å²) in [6, 6.07) is 16.5. The first-order valence-electron chi connectivity index (χ1n) is 10.0. The Labute approximate surface area is 173 Å². The molecule has 2 aliphatic rings. The first kappa shape index (κ1) is 18.4. The molecule has 3 amide bonds. The fraction of sp³-hybridized carbons (Fsp3) is 0.273. The van der Waals surface area contributed by atoms with Gasteiger partial charge in [-0.3, -0.25) is 4.79 Å². The number of para-hydroxylation sites is 1. The van der Waals surface area contributed by atoms with Gasteiger partial charge in [0.15, 0.2) is 0 Å². The molecule has 1 atom stereocenters. The fourth-order valence-corrected chi connectivity index (χ4v) is 3.67. The molecule has 1 saturated carbocycles. The molecule has 1 aliphatic carbocycles. The van der Waals surface area contributed by atoms with Crippen molar-refractivity contribution in [3.8, 4) is 11.4 Å². The van der Waals surface area contributed by atoms with Gasteiger partial charge in [-0.05, 0) is 49.2 Å². The summed E-state index contributed by atoms with van der Waals surface area (Å²) in [5, 5.41) is 9.63. The first-order valence-corrected chi connectivity index (χ1v) is 10.0. The second-order valence-corrected chi connectivity index (χ2v) is 7.66. The molecule has 1 saturated heterocycles. The number of urea groups is 1. The van der Waals surface area contributed by atoms with Crippen molar-refractivity contribution >= 4 is 23.3 Å². The lowest BCUT2D eigenvalue weighted by molar-refractivity contribution is -0.128. The lowest BCUT2D eigenvalue weighted by Gasteiger charge is -2.13. The number of hydrogen-bond donors (Lipinski definition) is 2. The predicted molar refractivity (Wildman–Crippen MR) is 111 cm³/mol. The Morgan fingerprint density at radius 2 is 1.70 bits per heavy atom. The molecule has 2 N–H and O–H groups in total. The molecule has 8 heteroatoms. The number of rotatable bonds is 5. The minimum Gasteiger partial charge on any atom is -0.339 e. The average molecular weight is 403 g/mol. The van der Waals surface area contributed by atoms with E-state index in [0.717, 1.165) is 24.1 Å². The maximum Gasteiger partial charge on any atom is 0.323 e. The van der Waals surface area contributed by atoms with E-state index in [4.69, 9.17) is 4.52 Å². The summed E-state index contributed by atoms with van der Waals surface area (Å²) < 4.78 is 5.44. The molecule has 0 radical (unpaired) electrons. The zero-order valence-electron chi connectivity index (χ0n) is 16.2. The van der Waals surface area contributed by atoms with Crippen LogP contribution in [0.25, 0.3) is 11.4 Å². The summed E-state index contributed by atoms with van der Waals surface area (Å²) in [5.74, 6) is 1.11. The van der Waals surface area contributed by atoms with E-state index in [9.17, 15) is 9.59 Å². The van der Waals surface area contributed by atoms with E-state index in [1.165, 1.54) is 0 Å². The van der Waals surface area contributed by atoms with Crippen molar-refractivity contribution < 1.29 is 14.1 Å². The quantitative estimate of drug-likeness (QED) is 0.674. The highest BCUT2D eigenvalue weighted by molar-refractivity contribution is 5.99. The van der Waals surface area contributed by atoms with Crippen molar-refractivity contribution in [1.82, 2.24) is 15.0 Å². The lowest BCUT2D eigenvalue weighted by Crippen LogP contribution is -2.27. The van der Waals surface area contributed by atoms with Gasteiger partial charge in [-0.25, -0.2) is 4.79 Å². The van der Waals surface area contributed by atoms with Crippen molar-refractivity contribution in [3.63, 3.8) is 0 Å². The molecular weight excluding hydrogens is 382 g/mol. The zero-order valence-corrected chi connectivity index (χ0v) is 16.2. The highest BCUT2D eigenvalue weighted by atomic mass is 16.5. The molecule has 2 heterocycles. The molecule has 5 rings (SSSR count). The number of nitrogens with one attached hydrogen (secondary N) is 2. The molecule has 30 heavy (non-hydrogen) atoms. The Balaban J connectivity index is 1.22. The second kappa shape index (κ2) is 7.62. The van der Waals surface area contributed by atoms with Crippen LogP contribution in [0.2, 0.25) is 0 Å². The van der Waals surface area contributed by atoms with E-state index in [-0.39, 0.29) is 17.9 Å². The fourth-order valence-electron chi connectivity index (χ4n) is 3.67. The average Bonchev–Trinajstić information content (AvgIpc) is 3.33. The minimum atomic E-state index is -0.318. The van der Waals surface area contributed by atoms with Gasteiger partial charge in [0.05, 0.1) is 5.92 Å². The number of likely N-dealkylation sites (tertiary alicyclic amines) is 1. The van der Waals surface area contributed by atoms with Crippen LogP contribution in [0.5, 0.6) is 0 Å². The van der Waals surface area contributed by atoms with Crippen molar-refractivity contribution in [2.24, 2.45) is 0 Å². The van der Waals surface area contributed by atoms with Gasteiger partial charge in [0.2, 0.25) is 17.6 Å². The van der Waals surface area contributed by atoms with Crippen LogP contribution in [0.15, 0.2) is 59.1 Å². The maximum atomic E-state index is 12.2. The number of nitrogens with zero attached hydrogens (tertiary/aromatic N) is 3. The topological polar surface area (TPSA) is 100 Å². The summed E-state index contributed by atoms with van der Waals surface area (Å²) >= 11 is 0. The lowest BCUT2D eigenvalue weighted by atomic mass is 10.1. The van der Waals surface area contributed by atoms with Crippen LogP contribution < -0.4 is 10.6 Å². The first-order chi connectivity index (χ1) is 14.7. The Hall–Kier alpha value is -3.68. The number of carbonyl (C=O) groups excluding carboxylic acids is 2. The zero-order chi connectivity index (χ0) is 20.5. The molecule has 0 bridgehead atoms. The molecular formula is C22H21N5O3. The second-order valence-electron chi connectivity index (χ2n) is 7.66. The van der Waals surface area contributed by atoms with Gasteiger partial charge in [-0.1, -0.05) is 23.4 Å². The molecule has 8 nitrogen and oxygen atoms in total. The summed E-state index contributed by atoms with van der Waals surface area (Å²) in [5.41, 5.74) is 2.15. The Morgan fingerprint density at radius 3 is 2.40 bits per heavy atom. The monoisotopic (exact) mass is 403 g/mol. The van der Waals surface area contributed by atoms with Crippen LogP contribution in [0, 0.1) is 0 Å². The Bertz CT molecular complexity index is 1060. The molecule has 3 aromatic rings. The third-order valence-corrected chi connectivity index (χ3v) is 5.37. The minimum absolute atomic E-state index is 0.0398. The van der Waals surface area contributed by atoms with Crippen molar-refractivity contribution in [3.05, 3.63) is 60.5 Å². The standard InChI is InChI=1S/C22H21N5O3/c28-19-12-15(13-27(19)18-10-11-18)21-25-20(26-30-21)14-6-8-17(9-7-14)24-22(29)23-16-4-2-1-3-5-16/h1-9,15,18H,10-13H2,(H2,23,24,29). The van der Waals surface area contributed by atoms with Gasteiger partial charge in [0.25, 0.3) is 0 Å². The van der Waals surface area contributed by atoms with E-state index in [0.29, 0.717) is 36.4 Å². The van der Waals surface area contributed by atoms with E-state index >= 15 is 0 Å². The molecule has 152 valence electrons. The Morgan fingerprint density at radius 1 is 1.00 bits per heavy atom. The van der Waals surface area contributed by atoms with Gasteiger partial charge in [0.1, 0.15) is 0 Å². The molecule has 2 aromatic carbocycles. The number of amides is 3. The van der Waals surface area contributed by atoms with Crippen molar-refractivity contribution in [2.75, 3.05) is 17.2 Å². The van der Waals surface area contributed by atoms with Gasteiger partial charge in [-0.15, -0.1) is 0 Å². The van der Waals surface area contributed by atoms with E-state index in [1.807, 2.05) is 47.4 Å². The highest BCUT2D eigenvalue weighted by Gasteiger charge is 2.41. The van der Waals surface area contributed by atoms with Gasteiger partial charge < -0.3 is 20.1 Å². The molecule has 1 unspecified atom stereocenters. The van der Waals surface area contributed by atoms with Gasteiger partial charge in [-0.2, -0.15) is 4.98 Å². The summed E-state index contributed by atoms with van der Waals surface area (Å²) in [4.78, 5) is 30.7. The predicted octanol–water partition coefficient (Wildman–Crippen LogP) is 3.86. The van der Waals surface area contributed by atoms with Crippen molar-refractivity contribution in [2.45, 2.75) is 31.2 Å². The summed E-state index contributed by atoms with van der Waals surface area (Å²) in [7, 11) is 0. The third-order valence-electron chi connectivity index (χ3n) is 5.37. The number of hydrogen-bond acceptors (Lipinski definition) is 5. The molecule has 2 fully saturated rings. The Kier molecular flexibility index (Phi) is 4.66. The largest absolute Gasteiger partial charge is 0.339 e. The van der Waals surface area contributed by atoms with Crippen LogP contribution in [-0.2, 0) is 4.79 Å². The van der Waals surface area contributed by atoms with Crippen LogP contribution in [-0.4, -0.2) is 39.6 Å². The van der Waals surface area contributed by atoms with E-state index in [1.54, 1.807) is 12.1 Å². The van der Waals surface area contributed by atoms with Crippen LogP contribution in [0.4, 0.5) is 16.2 Å². The SMILES string of the molecule is O=C(Nc1ccccc1)Nc1ccc(-c2noc(C3CC(=O)N(C4CC4)C3)n2)cc1.